The minimum Gasteiger partial charge on any atom is -0.369 e. The molecule has 0 radical (unpaired) electrons. The van der Waals surface area contributed by atoms with Gasteiger partial charge in [0.15, 0.2) is 0 Å². The van der Waals surface area contributed by atoms with E-state index < -0.39 is 0 Å². The van der Waals surface area contributed by atoms with Crippen LogP contribution < -0.4 is 9.80 Å². The predicted octanol–water partition coefficient (Wildman–Crippen LogP) is 2.55. The highest BCUT2D eigenvalue weighted by atomic mass is 15.3. The molecule has 7 heteroatoms. The number of fused-ring (bicyclic) bond motifs is 2. The summed E-state index contributed by atoms with van der Waals surface area (Å²) in [6.07, 6.45) is 5.39. The first-order valence-electron chi connectivity index (χ1n) is 10.6. The number of piperazine rings is 1. The van der Waals surface area contributed by atoms with Crippen LogP contribution in [0.3, 0.4) is 0 Å². The largest absolute Gasteiger partial charge is 0.369 e. The summed E-state index contributed by atoms with van der Waals surface area (Å²) in [4.78, 5) is 15.9. The van der Waals surface area contributed by atoms with E-state index in [2.05, 4.69) is 53.6 Å². The molecule has 4 heterocycles. The zero-order valence-electron chi connectivity index (χ0n) is 17.4. The quantitative estimate of drug-likeness (QED) is 0.681. The average molecular weight is 392 g/mol. The SMILES string of the molecule is CN(C)c1ncnc2ccc(N3CCN(Cc4cc5n(n4)CCCC5)CC3)cc12. The van der Waals surface area contributed by atoms with Crippen molar-refractivity contribution in [3.8, 4) is 0 Å². The summed E-state index contributed by atoms with van der Waals surface area (Å²) >= 11 is 0. The molecule has 0 unspecified atom stereocenters. The Labute approximate surface area is 171 Å². The molecule has 7 nitrogen and oxygen atoms in total. The van der Waals surface area contributed by atoms with Gasteiger partial charge in [-0.2, -0.15) is 5.10 Å². The summed E-state index contributed by atoms with van der Waals surface area (Å²) < 4.78 is 2.22. The number of aryl methyl sites for hydroxylation is 2. The van der Waals surface area contributed by atoms with E-state index in [-0.39, 0.29) is 0 Å². The van der Waals surface area contributed by atoms with E-state index in [4.69, 9.17) is 5.10 Å². The first-order valence-corrected chi connectivity index (χ1v) is 10.6. The lowest BCUT2D eigenvalue weighted by Crippen LogP contribution is -2.46. The van der Waals surface area contributed by atoms with Crippen LogP contribution in [0.4, 0.5) is 11.5 Å². The lowest BCUT2D eigenvalue weighted by atomic mass is 10.1. The number of benzene rings is 1. The van der Waals surface area contributed by atoms with Crippen LogP contribution in [0.15, 0.2) is 30.6 Å². The van der Waals surface area contributed by atoms with E-state index in [1.54, 1.807) is 6.33 Å². The predicted molar refractivity (Wildman–Crippen MR) is 117 cm³/mol. The zero-order chi connectivity index (χ0) is 19.8. The van der Waals surface area contributed by atoms with Crippen LogP contribution in [0.5, 0.6) is 0 Å². The summed E-state index contributed by atoms with van der Waals surface area (Å²) in [7, 11) is 4.06. The lowest BCUT2D eigenvalue weighted by molar-refractivity contribution is 0.246. The van der Waals surface area contributed by atoms with Crippen molar-refractivity contribution in [2.75, 3.05) is 50.1 Å². The first kappa shape index (κ1) is 18.4. The Morgan fingerprint density at radius 3 is 2.62 bits per heavy atom. The second-order valence-electron chi connectivity index (χ2n) is 8.36. The molecule has 0 amide bonds. The van der Waals surface area contributed by atoms with Crippen LogP contribution in [0.1, 0.15) is 24.2 Å². The van der Waals surface area contributed by atoms with Crippen molar-refractivity contribution in [2.45, 2.75) is 32.4 Å². The molecule has 2 aromatic heterocycles. The molecule has 1 saturated heterocycles. The maximum absolute atomic E-state index is 4.83. The number of hydrogen-bond donors (Lipinski definition) is 0. The van der Waals surface area contributed by atoms with Crippen molar-refractivity contribution < 1.29 is 0 Å². The highest BCUT2D eigenvalue weighted by molar-refractivity contribution is 5.91. The van der Waals surface area contributed by atoms with Crippen LogP contribution in [-0.4, -0.2) is 64.9 Å². The maximum atomic E-state index is 4.83. The molecule has 3 aromatic rings. The fourth-order valence-corrected chi connectivity index (χ4v) is 4.53. The van der Waals surface area contributed by atoms with Gasteiger partial charge < -0.3 is 9.80 Å². The van der Waals surface area contributed by atoms with Gasteiger partial charge in [0.2, 0.25) is 0 Å². The van der Waals surface area contributed by atoms with Gasteiger partial charge in [0, 0.05) is 70.1 Å². The minimum absolute atomic E-state index is 0.962. The van der Waals surface area contributed by atoms with Gasteiger partial charge in [0.25, 0.3) is 0 Å². The standard InChI is InChI=1S/C22H29N7/c1-26(2)22-20-14-18(6-7-21(20)23-16-24-22)28-11-9-27(10-12-28)15-17-13-19-5-3-4-8-29(19)25-17/h6-7,13-14,16H,3-5,8-12,15H2,1-2H3. The third-order valence-electron chi connectivity index (χ3n) is 6.11. The summed E-state index contributed by atoms with van der Waals surface area (Å²) in [6, 6.07) is 8.86. The van der Waals surface area contributed by atoms with Crippen molar-refractivity contribution in [1.82, 2.24) is 24.6 Å². The molecular formula is C22H29N7. The van der Waals surface area contributed by atoms with Gasteiger partial charge in [-0.25, -0.2) is 9.97 Å². The summed E-state index contributed by atoms with van der Waals surface area (Å²) in [5, 5.41) is 5.94. The van der Waals surface area contributed by atoms with Gasteiger partial charge in [0.1, 0.15) is 12.1 Å². The number of hydrogen-bond acceptors (Lipinski definition) is 6. The van der Waals surface area contributed by atoms with Crippen LogP contribution >= 0.6 is 0 Å². The monoisotopic (exact) mass is 391 g/mol. The Hall–Kier alpha value is -2.67. The number of aromatic nitrogens is 4. The van der Waals surface area contributed by atoms with Gasteiger partial charge in [-0.15, -0.1) is 0 Å². The zero-order valence-corrected chi connectivity index (χ0v) is 17.4. The molecule has 5 rings (SSSR count). The van der Waals surface area contributed by atoms with Gasteiger partial charge in [0.05, 0.1) is 11.2 Å². The van der Waals surface area contributed by atoms with Crippen molar-refractivity contribution in [3.63, 3.8) is 0 Å². The van der Waals surface area contributed by atoms with E-state index in [1.165, 1.54) is 36.3 Å². The summed E-state index contributed by atoms with van der Waals surface area (Å²) in [5.41, 5.74) is 4.90. The molecule has 29 heavy (non-hydrogen) atoms. The third-order valence-corrected chi connectivity index (χ3v) is 6.11. The maximum Gasteiger partial charge on any atom is 0.139 e. The molecular weight excluding hydrogens is 362 g/mol. The topological polar surface area (TPSA) is 53.3 Å². The summed E-state index contributed by atoms with van der Waals surface area (Å²) in [6.45, 7) is 6.24. The Morgan fingerprint density at radius 1 is 0.966 bits per heavy atom. The number of nitrogens with zero attached hydrogens (tertiary/aromatic N) is 7. The van der Waals surface area contributed by atoms with E-state index >= 15 is 0 Å². The molecule has 0 bridgehead atoms. The van der Waals surface area contributed by atoms with Crippen molar-refractivity contribution in [1.29, 1.82) is 0 Å². The Kier molecular flexibility index (Phi) is 4.83. The van der Waals surface area contributed by atoms with Crippen molar-refractivity contribution in [2.24, 2.45) is 0 Å². The minimum atomic E-state index is 0.962. The fraction of sp³-hybridized carbons (Fsp3) is 0.500. The molecule has 0 spiro atoms. The van der Waals surface area contributed by atoms with Gasteiger partial charge in [-0.3, -0.25) is 9.58 Å². The lowest BCUT2D eigenvalue weighted by Gasteiger charge is -2.36. The van der Waals surface area contributed by atoms with E-state index in [9.17, 15) is 0 Å². The second kappa shape index (κ2) is 7.63. The average Bonchev–Trinajstić information content (AvgIpc) is 3.15. The molecule has 0 saturated carbocycles. The Morgan fingerprint density at radius 2 is 1.83 bits per heavy atom. The van der Waals surface area contributed by atoms with Crippen LogP contribution in [0, 0.1) is 0 Å². The molecule has 2 aliphatic rings. The van der Waals surface area contributed by atoms with Crippen LogP contribution in [0.25, 0.3) is 10.9 Å². The van der Waals surface area contributed by atoms with Gasteiger partial charge >= 0.3 is 0 Å². The Bertz CT molecular complexity index is 978. The molecule has 1 aromatic carbocycles. The first-order chi connectivity index (χ1) is 14.2. The molecule has 0 N–H and O–H groups in total. The van der Waals surface area contributed by atoms with Crippen molar-refractivity contribution >= 4 is 22.4 Å². The fourth-order valence-electron chi connectivity index (χ4n) is 4.53. The molecule has 152 valence electrons. The smallest absolute Gasteiger partial charge is 0.139 e. The van der Waals surface area contributed by atoms with E-state index in [0.29, 0.717) is 0 Å². The Balaban J connectivity index is 1.27. The van der Waals surface area contributed by atoms with Crippen molar-refractivity contribution in [3.05, 3.63) is 42.0 Å². The van der Waals surface area contributed by atoms with E-state index in [0.717, 1.165) is 56.0 Å². The number of rotatable bonds is 4. The molecule has 0 aliphatic carbocycles. The highest BCUT2D eigenvalue weighted by Crippen LogP contribution is 2.27. The van der Waals surface area contributed by atoms with E-state index in [1.807, 2.05) is 14.1 Å². The molecule has 1 fully saturated rings. The van der Waals surface area contributed by atoms with Crippen LogP contribution in [-0.2, 0) is 19.5 Å². The van der Waals surface area contributed by atoms with Gasteiger partial charge in [-0.05, 0) is 43.5 Å². The summed E-state index contributed by atoms with van der Waals surface area (Å²) in [5.74, 6) is 0.972. The second-order valence-corrected chi connectivity index (χ2v) is 8.36. The highest BCUT2D eigenvalue weighted by Gasteiger charge is 2.20. The molecule has 2 aliphatic heterocycles. The third kappa shape index (κ3) is 3.67. The van der Waals surface area contributed by atoms with Gasteiger partial charge in [-0.1, -0.05) is 0 Å². The number of anilines is 2. The van der Waals surface area contributed by atoms with Crippen LogP contribution in [0.2, 0.25) is 0 Å². The normalized spacial score (nSPS) is 17.5. The molecule has 0 atom stereocenters.